The fourth-order valence-corrected chi connectivity index (χ4v) is 6.04. The molecule has 1 aromatic carbocycles. The average molecular weight is 643 g/mol. The molecule has 2 fully saturated rings. The second kappa shape index (κ2) is 17.1. The zero-order valence-electron chi connectivity index (χ0n) is 27.4. The highest BCUT2D eigenvalue weighted by molar-refractivity contribution is 5.96. The molecule has 13 nitrogen and oxygen atoms in total. The molecular formula is C33H50N6O7. The molecule has 0 aliphatic carbocycles. The van der Waals surface area contributed by atoms with Gasteiger partial charge in [-0.3, -0.25) is 24.0 Å². The Labute approximate surface area is 271 Å². The number of carbonyl (C=O) groups excluding carboxylic acids is 5. The summed E-state index contributed by atoms with van der Waals surface area (Å²) in [4.78, 5) is 81.0. The fourth-order valence-electron chi connectivity index (χ4n) is 6.04. The molecule has 0 bridgehead atoms. The Balaban J connectivity index is 1.74. The minimum atomic E-state index is -1.07. The van der Waals surface area contributed by atoms with Crippen LogP contribution in [0.3, 0.4) is 0 Å². The van der Waals surface area contributed by atoms with E-state index in [9.17, 15) is 33.9 Å². The van der Waals surface area contributed by atoms with Gasteiger partial charge in [0, 0.05) is 19.5 Å². The van der Waals surface area contributed by atoms with Crippen LogP contribution in [-0.4, -0.2) is 100 Å². The average Bonchev–Trinajstić information content (AvgIpc) is 3.73. The predicted octanol–water partition coefficient (Wildman–Crippen LogP) is 0.801. The van der Waals surface area contributed by atoms with Crippen molar-refractivity contribution in [3.05, 3.63) is 35.9 Å². The number of carbonyl (C=O) groups is 6. The lowest BCUT2D eigenvalue weighted by Crippen LogP contribution is -2.58. The summed E-state index contributed by atoms with van der Waals surface area (Å²) in [7, 11) is 0. The van der Waals surface area contributed by atoms with Gasteiger partial charge in [0.15, 0.2) is 0 Å². The number of nitrogens with zero attached hydrogens (tertiary/aromatic N) is 2. The van der Waals surface area contributed by atoms with Crippen LogP contribution < -0.4 is 21.7 Å². The van der Waals surface area contributed by atoms with Crippen molar-refractivity contribution >= 4 is 35.5 Å². The largest absolute Gasteiger partial charge is 0.480 e. The van der Waals surface area contributed by atoms with Gasteiger partial charge in [-0.25, -0.2) is 4.79 Å². The molecule has 2 saturated heterocycles. The standard InChI is InChI=1S/C33H50N6O7/c1-5-21(4)28(34)30(42)35-19-27(40)36-24(18-22-11-7-6-8-12-22)32(44)38-15-9-13-25(38)29(41)37-23(17-20(2)3)31(43)39-16-10-14-26(39)33(45)46/h6-8,11-12,20-21,23-26,28H,5,9-10,13-19,34H2,1-4H3,(H,35,42)(H,36,40)(H,37,41)(H,45,46)/t21-,23-,24-,25-,26-,28-/m0/s1. The molecule has 254 valence electrons. The van der Waals surface area contributed by atoms with Crippen LogP contribution in [0.25, 0.3) is 0 Å². The SMILES string of the molecule is CC[C@H](C)[C@H](N)C(=O)NCC(=O)N[C@@H](Cc1ccccc1)C(=O)N1CCC[C@H]1C(=O)N[C@@H](CC(C)C)C(=O)N1CCC[C@H]1C(=O)O. The third kappa shape index (κ3) is 9.75. The lowest BCUT2D eigenvalue weighted by atomic mass is 9.99. The van der Waals surface area contributed by atoms with Gasteiger partial charge in [0.1, 0.15) is 24.2 Å². The highest BCUT2D eigenvalue weighted by Gasteiger charge is 2.41. The van der Waals surface area contributed by atoms with Gasteiger partial charge in [-0.15, -0.1) is 0 Å². The number of nitrogens with two attached hydrogens (primary N) is 1. The van der Waals surface area contributed by atoms with Gasteiger partial charge in [0.05, 0.1) is 12.6 Å². The Bertz CT molecular complexity index is 1240. The van der Waals surface area contributed by atoms with Gasteiger partial charge >= 0.3 is 5.97 Å². The van der Waals surface area contributed by atoms with E-state index in [2.05, 4.69) is 16.0 Å². The molecule has 0 unspecified atom stereocenters. The zero-order chi connectivity index (χ0) is 34.0. The van der Waals surface area contributed by atoms with Crippen LogP contribution in [0.4, 0.5) is 0 Å². The van der Waals surface area contributed by atoms with Crippen molar-refractivity contribution in [3.8, 4) is 0 Å². The van der Waals surface area contributed by atoms with Crippen LogP contribution in [0, 0.1) is 11.8 Å². The molecule has 2 heterocycles. The zero-order valence-corrected chi connectivity index (χ0v) is 27.4. The number of amides is 5. The number of likely N-dealkylation sites (tertiary alicyclic amines) is 2. The maximum Gasteiger partial charge on any atom is 0.326 e. The summed E-state index contributed by atoms with van der Waals surface area (Å²) in [5, 5.41) is 17.7. The van der Waals surface area contributed by atoms with Crippen molar-refractivity contribution in [3.63, 3.8) is 0 Å². The van der Waals surface area contributed by atoms with Crippen molar-refractivity contribution in [2.75, 3.05) is 19.6 Å². The summed E-state index contributed by atoms with van der Waals surface area (Å²) in [5.74, 6) is -3.52. The number of carboxylic acids is 1. The van der Waals surface area contributed by atoms with Gasteiger partial charge in [-0.05, 0) is 49.5 Å². The normalized spacial score (nSPS) is 20.5. The summed E-state index contributed by atoms with van der Waals surface area (Å²) in [6, 6.07) is 4.63. The number of hydrogen-bond acceptors (Lipinski definition) is 7. The molecule has 0 aromatic heterocycles. The second-order valence-electron chi connectivity index (χ2n) is 12.8. The summed E-state index contributed by atoms with van der Waals surface area (Å²) in [6.07, 6.45) is 3.03. The van der Waals surface area contributed by atoms with Crippen molar-refractivity contribution < 1.29 is 33.9 Å². The molecule has 0 spiro atoms. The van der Waals surface area contributed by atoms with Crippen LogP contribution in [0.5, 0.6) is 0 Å². The smallest absolute Gasteiger partial charge is 0.326 e. The Morgan fingerprint density at radius 1 is 0.891 bits per heavy atom. The first kappa shape index (κ1) is 36.5. The number of aliphatic carboxylic acids is 1. The lowest BCUT2D eigenvalue weighted by Gasteiger charge is -2.32. The molecular weight excluding hydrogens is 592 g/mol. The van der Waals surface area contributed by atoms with Crippen LogP contribution in [0.2, 0.25) is 0 Å². The quantitative estimate of drug-likeness (QED) is 0.186. The number of rotatable bonds is 15. The summed E-state index contributed by atoms with van der Waals surface area (Å²) in [5.41, 5.74) is 6.77. The van der Waals surface area contributed by atoms with Gasteiger partial charge in [-0.1, -0.05) is 64.4 Å². The highest BCUT2D eigenvalue weighted by Crippen LogP contribution is 2.23. The molecule has 0 radical (unpaired) electrons. The molecule has 0 saturated carbocycles. The first-order valence-electron chi connectivity index (χ1n) is 16.3. The number of benzene rings is 1. The van der Waals surface area contributed by atoms with Crippen molar-refractivity contribution in [1.82, 2.24) is 25.8 Å². The fraction of sp³-hybridized carbons (Fsp3) is 0.636. The molecule has 46 heavy (non-hydrogen) atoms. The third-order valence-corrected chi connectivity index (χ3v) is 8.88. The van der Waals surface area contributed by atoms with E-state index in [0.717, 1.165) is 5.56 Å². The highest BCUT2D eigenvalue weighted by atomic mass is 16.4. The topological polar surface area (TPSA) is 191 Å². The molecule has 6 N–H and O–H groups in total. The Morgan fingerprint density at radius 3 is 2.07 bits per heavy atom. The number of hydrogen-bond donors (Lipinski definition) is 5. The molecule has 6 atom stereocenters. The Kier molecular flexibility index (Phi) is 13.5. The molecule has 2 aliphatic heterocycles. The third-order valence-electron chi connectivity index (χ3n) is 8.88. The molecule has 5 amide bonds. The first-order chi connectivity index (χ1) is 21.8. The van der Waals surface area contributed by atoms with Gasteiger partial charge in [-0.2, -0.15) is 0 Å². The van der Waals surface area contributed by atoms with E-state index in [1.807, 2.05) is 58.0 Å². The lowest BCUT2D eigenvalue weighted by molar-refractivity contribution is -0.150. The van der Waals surface area contributed by atoms with Crippen LogP contribution in [0.1, 0.15) is 71.8 Å². The predicted molar refractivity (Wildman–Crippen MR) is 171 cm³/mol. The molecule has 13 heteroatoms. The molecule has 1 aromatic rings. The van der Waals surface area contributed by atoms with Crippen molar-refractivity contribution in [2.45, 2.75) is 103 Å². The number of nitrogens with one attached hydrogen (secondary N) is 3. The summed E-state index contributed by atoms with van der Waals surface area (Å²) >= 11 is 0. The Morgan fingerprint density at radius 2 is 1.48 bits per heavy atom. The van der Waals surface area contributed by atoms with Crippen LogP contribution >= 0.6 is 0 Å². The van der Waals surface area contributed by atoms with E-state index < -0.39 is 65.7 Å². The van der Waals surface area contributed by atoms with E-state index >= 15 is 0 Å². The number of carboxylic acid groups (broad SMARTS) is 1. The van der Waals surface area contributed by atoms with E-state index in [1.165, 1.54) is 9.80 Å². The second-order valence-corrected chi connectivity index (χ2v) is 12.8. The summed E-state index contributed by atoms with van der Waals surface area (Å²) < 4.78 is 0. The monoisotopic (exact) mass is 642 g/mol. The van der Waals surface area contributed by atoms with E-state index in [4.69, 9.17) is 5.73 Å². The maximum atomic E-state index is 14.0. The van der Waals surface area contributed by atoms with Gasteiger partial charge in [0.2, 0.25) is 29.5 Å². The first-order valence-corrected chi connectivity index (χ1v) is 16.3. The van der Waals surface area contributed by atoms with E-state index in [1.54, 1.807) is 0 Å². The van der Waals surface area contributed by atoms with Crippen LogP contribution in [0.15, 0.2) is 30.3 Å². The van der Waals surface area contributed by atoms with Crippen molar-refractivity contribution in [1.29, 1.82) is 0 Å². The van der Waals surface area contributed by atoms with Crippen molar-refractivity contribution in [2.24, 2.45) is 17.6 Å². The van der Waals surface area contributed by atoms with E-state index in [0.29, 0.717) is 45.1 Å². The van der Waals surface area contributed by atoms with Gasteiger partial charge in [0.25, 0.3) is 0 Å². The Hall–Kier alpha value is -4.00. The minimum Gasteiger partial charge on any atom is -0.480 e. The van der Waals surface area contributed by atoms with E-state index in [-0.39, 0.29) is 31.3 Å². The minimum absolute atomic E-state index is 0.0344. The van der Waals surface area contributed by atoms with Crippen LogP contribution in [-0.2, 0) is 35.2 Å². The maximum absolute atomic E-state index is 14.0. The summed E-state index contributed by atoms with van der Waals surface area (Å²) in [6.45, 7) is 7.82. The molecule has 3 rings (SSSR count). The molecule has 2 aliphatic rings. The van der Waals surface area contributed by atoms with Gasteiger partial charge < -0.3 is 36.6 Å².